The predicted molar refractivity (Wildman–Crippen MR) is 119 cm³/mol. The molecule has 0 spiro atoms. The highest BCUT2D eigenvalue weighted by atomic mass is 19.4. The largest absolute Gasteiger partial charge is 0.497 e. The number of fused-ring (bicyclic) bond motifs is 1. The summed E-state index contributed by atoms with van der Waals surface area (Å²) in [7, 11) is 1.62. The van der Waals surface area contributed by atoms with Gasteiger partial charge < -0.3 is 14.5 Å². The van der Waals surface area contributed by atoms with E-state index >= 15 is 0 Å². The molecule has 0 bridgehead atoms. The average Bonchev–Trinajstić information content (AvgIpc) is 3.32. The normalized spacial score (nSPS) is 14.7. The highest BCUT2D eigenvalue weighted by Gasteiger charge is 2.31. The summed E-state index contributed by atoms with van der Waals surface area (Å²) in [5.74, 6) is 2.08. The van der Waals surface area contributed by atoms with Gasteiger partial charge in [0, 0.05) is 43.5 Å². The van der Waals surface area contributed by atoms with Gasteiger partial charge >= 0.3 is 6.18 Å². The molecule has 0 atom stereocenters. The predicted octanol–water partition coefficient (Wildman–Crippen LogP) is 4.15. The highest BCUT2D eigenvalue weighted by molar-refractivity contribution is 5.66. The van der Waals surface area contributed by atoms with E-state index in [2.05, 4.69) is 20.0 Å². The van der Waals surface area contributed by atoms with E-state index in [1.165, 1.54) is 18.5 Å². The van der Waals surface area contributed by atoms with Crippen LogP contribution in [0.5, 0.6) is 5.75 Å². The standard InChI is InChI=1S/C23H21F3N6O/c1-33-19-7-5-16(6-8-19)20-14-21(32-22(29-20)27-15-28-32)31-11-9-30(10-12-31)18-4-2-3-17(13-18)23(24,25)26/h2-8,13-15H,9-12H2,1H3. The van der Waals surface area contributed by atoms with Gasteiger partial charge in [-0.1, -0.05) is 6.07 Å². The van der Waals surface area contributed by atoms with Crippen molar-refractivity contribution < 1.29 is 17.9 Å². The first-order valence-electron chi connectivity index (χ1n) is 10.4. The van der Waals surface area contributed by atoms with Crippen molar-refractivity contribution in [3.8, 4) is 17.0 Å². The molecule has 3 heterocycles. The second-order valence-electron chi connectivity index (χ2n) is 7.72. The summed E-state index contributed by atoms with van der Waals surface area (Å²) in [5.41, 5.74) is 1.62. The summed E-state index contributed by atoms with van der Waals surface area (Å²) in [4.78, 5) is 13.0. The fourth-order valence-electron chi connectivity index (χ4n) is 4.00. The van der Waals surface area contributed by atoms with Gasteiger partial charge in [0.15, 0.2) is 0 Å². The van der Waals surface area contributed by atoms with Gasteiger partial charge in [0.1, 0.15) is 17.9 Å². The van der Waals surface area contributed by atoms with Crippen molar-refractivity contribution in [1.29, 1.82) is 0 Å². The van der Waals surface area contributed by atoms with Gasteiger partial charge in [0.25, 0.3) is 5.78 Å². The molecule has 0 aliphatic carbocycles. The Morgan fingerprint density at radius 1 is 0.909 bits per heavy atom. The molecule has 0 amide bonds. The Morgan fingerprint density at radius 2 is 1.64 bits per heavy atom. The summed E-state index contributed by atoms with van der Waals surface area (Å²) in [5, 5.41) is 4.31. The van der Waals surface area contributed by atoms with E-state index in [1.54, 1.807) is 17.7 Å². The molecule has 1 saturated heterocycles. The maximum atomic E-state index is 13.1. The second-order valence-corrected chi connectivity index (χ2v) is 7.72. The summed E-state index contributed by atoms with van der Waals surface area (Å²) in [6.45, 7) is 2.41. The fourth-order valence-corrected chi connectivity index (χ4v) is 4.00. The Bertz CT molecular complexity index is 1260. The van der Waals surface area contributed by atoms with E-state index in [9.17, 15) is 13.2 Å². The molecule has 7 nitrogen and oxygen atoms in total. The van der Waals surface area contributed by atoms with Crippen LogP contribution in [0.1, 0.15) is 5.56 Å². The van der Waals surface area contributed by atoms with E-state index < -0.39 is 11.7 Å². The van der Waals surface area contributed by atoms with Crippen LogP contribution in [-0.4, -0.2) is 52.9 Å². The first kappa shape index (κ1) is 21.0. The molecule has 33 heavy (non-hydrogen) atoms. The smallest absolute Gasteiger partial charge is 0.416 e. The van der Waals surface area contributed by atoms with Crippen molar-refractivity contribution in [2.45, 2.75) is 6.18 Å². The number of ether oxygens (including phenoxy) is 1. The number of methoxy groups -OCH3 is 1. The van der Waals surface area contributed by atoms with Crippen LogP contribution < -0.4 is 14.5 Å². The van der Waals surface area contributed by atoms with Gasteiger partial charge in [-0.25, -0.2) is 4.98 Å². The molecule has 4 aromatic rings. The second kappa shape index (κ2) is 8.27. The SMILES string of the molecule is COc1ccc(-c2cc(N3CCN(c4cccc(C(F)(F)F)c4)CC3)n3ncnc3n2)cc1. The van der Waals surface area contributed by atoms with Gasteiger partial charge in [-0.05, 0) is 42.5 Å². The zero-order valence-corrected chi connectivity index (χ0v) is 17.8. The molecule has 0 saturated carbocycles. The molecule has 5 rings (SSSR count). The monoisotopic (exact) mass is 454 g/mol. The van der Waals surface area contributed by atoms with Crippen molar-refractivity contribution in [2.24, 2.45) is 0 Å². The Kier molecular flexibility index (Phi) is 5.27. The van der Waals surface area contributed by atoms with Crippen LogP contribution >= 0.6 is 0 Å². The van der Waals surface area contributed by atoms with E-state index in [0.717, 1.165) is 28.9 Å². The third kappa shape index (κ3) is 4.15. The summed E-state index contributed by atoms with van der Waals surface area (Å²) in [6.07, 6.45) is -2.89. The number of hydrogen-bond acceptors (Lipinski definition) is 6. The number of rotatable bonds is 4. The van der Waals surface area contributed by atoms with Crippen LogP contribution in [0.15, 0.2) is 60.9 Å². The van der Waals surface area contributed by atoms with Crippen molar-refractivity contribution in [1.82, 2.24) is 19.6 Å². The van der Waals surface area contributed by atoms with Crippen LogP contribution in [0, 0.1) is 0 Å². The lowest BCUT2D eigenvalue weighted by Gasteiger charge is -2.37. The van der Waals surface area contributed by atoms with Crippen LogP contribution in [0.2, 0.25) is 0 Å². The lowest BCUT2D eigenvalue weighted by Crippen LogP contribution is -2.47. The molecule has 10 heteroatoms. The molecule has 2 aromatic heterocycles. The highest BCUT2D eigenvalue weighted by Crippen LogP contribution is 2.32. The minimum Gasteiger partial charge on any atom is -0.497 e. The first-order chi connectivity index (χ1) is 15.9. The molecule has 2 aromatic carbocycles. The first-order valence-corrected chi connectivity index (χ1v) is 10.4. The Labute approximate surface area is 188 Å². The van der Waals surface area contributed by atoms with Gasteiger partial charge in [-0.3, -0.25) is 0 Å². The van der Waals surface area contributed by atoms with Gasteiger partial charge in [0.05, 0.1) is 18.4 Å². The maximum Gasteiger partial charge on any atom is 0.416 e. The molecule has 170 valence electrons. The number of aromatic nitrogens is 4. The number of anilines is 2. The molecular formula is C23H21F3N6O. The summed E-state index contributed by atoms with van der Waals surface area (Å²) < 4.78 is 46.2. The molecule has 0 unspecified atom stereocenters. The van der Waals surface area contributed by atoms with Crippen molar-refractivity contribution in [3.05, 3.63) is 66.5 Å². The van der Waals surface area contributed by atoms with Crippen LogP contribution in [0.4, 0.5) is 24.7 Å². The maximum absolute atomic E-state index is 13.1. The van der Waals surface area contributed by atoms with Crippen LogP contribution in [0.25, 0.3) is 17.0 Å². The topological polar surface area (TPSA) is 58.8 Å². The van der Waals surface area contributed by atoms with Crippen molar-refractivity contribution in [3.63, 3.8) is 0 Å². The molecule has 0 radical (unpaired) electrons. The van der Waals surface area contributed by atoms with Crippen molar-refractivity contribution in [2.75, 3.05) is 43.1 Å². The number of nitrogens with zero attached hydrogens (tertiary/aromatic N) is 6. The zero-order chi connectivity index (χ0) is 23.0. The third-order valence-corrected chi connectivity index (χ3v) is 5.76. The molecule has 1 aliphatic heterocycles. The van der Waals surface area contributed by atoms with E-state index in [0.29, 0.717) is 37.6 Å². The van der Waals surface area contributed by atoms with Crippen molar-refractivity contribution >= 4 is 17.3 Å². The average molecular weight is 454 g/mol. The molecule has 1 aliphatic rings. The van der Waals surface area contributed by atoms with E-state index in [1.807, 2.05) is 35.2 Å². The summed E-state index contributed by atoms with van der Waals surface area (Å²) in [6, 6.07) is 15.0. The van der Waals surface area contributed by atoms with E-state index in [4.69, 9.17) is 4.74 Å². The molecular weight excluding hydrogens is 433 g/mol. The molecule has 1 fully saturated rings. The van der Waals surface area contributed by atoms with Gasteiger partial charge in [-0.15, -0.1) is 0 Å². The quantitative estimate of drug-likeness (QED) is 0.462. The zero-order valence-electron chi connectivity index (χ0n) is 17.8. The third-order valence-electron chi connectivity index (χ3n) is 5.76. The minimum atomic E-state index is -4.36. The summed E-state index contributed by atoms with van der Waals surface area (Å²) >= 11 is 0. The van der Waals surface area contributed by atoms with E-state index in [-0.39, 0.29) is 0 Å². The Hall–Kier alpha value is -3.82. The number of benzene rings is 2. The fraction of sp³-hybridized carbons (Fsp3) is 0.261. The lowest BCUT2D eigenvalue weighted by molar-refractivity contribution is -0.137. The number of halogens is 3. The number of piperazine rings is 1. The Morgan fingerprint density at radius 3 is 2.33 bits per heavy atom. The van der Waals surface area contributed by atoms with Gasteiger partial charge in [-0.2, -0.15) is 27.8 Å². The lowest BCUT2D eigenvalue weighted by atomic mass is 10.1. The number of hydrogen-bond donors (Lipinski definition) is 0. The molecule has 0 N–H and O–H groups in total. The number of alkyl halides is 3. The minimum absolute atomic E-state index is 0.485. The van der Waals surface area contributed by atoms with Crippen LogP contribution in [-0.2, 0) is 6.18 Å². The Balaban J connectivity index is 1.40. The van der Waals surface area contributed by atoms with Crippen LogP contribution in [0.3, 0.4) is 0 Å². The van der Waals surface area contributed by atoms with Gasteiger partial charge in [0.2, 0.25) is 0 Å².